The van der Waals surface area contributed by atoms with Gasteiger partial charge in [0, 0.05) is 19.2 Å². The number of rotatable bonds is 8. The van der Waals surface area contributed by atoms with Gasteiger partial charge in [-0.15, -0.1) is 11.3 Å². The Kier molecular flexibility index (Phi) is 6.79. The van der Waals surface area contributed by atoms with Crippen LogP contribution in [0.5, 0.6) is 5.75 Å². The van der Waals surface area contributed by atoms with Crippen molar-refractivity contribution in [2.24, 2.45) is 0 Å². The molecule has 0 bridgehead atoms. The van der Waals surface area contributed by atoms with Crippen molar-refractivity contribution >= 4 is 33.0 Å². The fourth-order valence-electron chi connectivity index (χ4n) is 2.79. The first-order valence-electron chi connectivity index (χ1n) is 9.43. The molecule has 0 saturated heterocycles. The molecule has 3 aromatic rings. The van der Waals surface area contributed by atoms with Crippen LogP contribution >= 0.6 is 11.3 Å². The molecule has 0 saturated carbocycles. The third kappa shape index (κ3) is 5.20. The van der Waals surface area contributed by atoms with Crippen molar-refractivity contribution < 1.29 is 17.9 Å². The maximum atomic E-state index is 12.6. The Morgan fingerprint density at radius 2 is 1.83 bits per heavy atom. The Labute approximate surface area is 181 Å². The van der Waals surface area contributed by atoms with Gasteiger partial charge in [-0.05, 0) is 67.3 Å². The molecule has 1 aromatic heterocycles. The molecule has 158 valence electrons. The minimum Gasteiger partial charge on any atom is -0.491 e. The molecule has 2 aromatic carbocycles. The van der Waals surface area contributed by atoms with Crippen molar-refractivity contribution in [1.82, 2.24) is 5.32 Å². The summed E-state index contributed by atoms with van der Waals surface area (Å²) in [4.78, 5) is 12.5. The van der Waals surface area contributed by atoms with E-state index in [4.69, 9.17) is 4.74 Å². The topological polar surface area (TPSA) is 75.7 Å². The van der Waals surface area contributed by atoms with Crippen molar-refractivity contribution in [2.75, 3.05) is 11.4 Å². The number of thiophene rings is 1. The van der Waals surface area contributed by atoms with Gasteiger partial charge in [0.05, 0.1) is 11.8 Å². The van der Waals surface area contributed by atoms with Crippen molar-refractivity contribution in [2.45, 2.75) is 30.7 Å². The fourth-order valence-corrected chi connectivity index (χ4v) is 5.15. The predicted molar refractivity (Wildman–Crippen MR) is 120 cm³/mol. The van der Waals surface area contributed by atoms with Gasteiger partial charge in [0.2, 0.25) is 0 Å². The molecule has 30 heavy (non-hydrogen) atoms. The summed E-state index contributed by atoms with van der Waals surface area (Å²) < 4.78 is 32.4. The molecule has 0 spiro atoms. The summed E-state index contributed by atoms with van der Waals surface area (Å²) in [6, 6.07) is 17.3. The zero-order valence-electron chi connectivity index (χ0n) is 17.0. The van der Waals surface area contributed by atoms with Crippen LogP contribution in [0.4, 0.5) is 5.69 Å². The van der Waals surface area contributed by atoms with Crippen molar-refractivity contribution in [3.63, 3.8) is 0 Å². The first kappa shape index (κ1) is 21.9. The number of sulfonamides is 1. The summed E-state index contributed by atoms with van der Waals surface area (Å²) in [7, 11) is -2.11. The van der Waals surface area contributed by atoms with Gasteiger partial charge in [-0.3, -0.25) is 9.10 Å². The van der Waals surface area contributed by atoms with E-state index >= 15 is 0 Å². The van der Waals surface area contributed by atoms with E-state index in [1.54, 1.807) is 41.8 Å². The van der Waals surface area contributed by atoms with E-state index in [-0.39, 0.29) is 16.2 Å². The Morgan fingerprint density at radius 1 is 1.10 bits per heavy atom. The van der Waals surface area contributed by atoms with Crippen LogP contribution in [0.25, 0.3) is 0 Å². The average Bonchev–Trinajstić information content (AvgIpc) is 3.27. The number of carbonyl (C=O) groups excluding carboxylic acids is 1. The smallest absolute Gasteiger partial charge is 0.273 e. The number of benzene rings is 2. The highest BCUT2D eigenvalue weighted by atomic mass is 32.2. The number of ether oxygens (including phenoxy) is 1. The van der Waals surface area contributed by atoms with Crippen LogP contribution in [-0.4, -0.2) is 27.5 Å². The highest BCUT2D eigenvalue weighted by molar-refractivity contribution is 7.94. The molecule has 6 nitrogen and oxygen atoms in total. The molecule has 0 unspecified atom stereocenters. The number of carbonyl (C=O) groups is 1. The van der Waals surface area contributed by atoms with Gasteiger partial charge in [0.25, 0.3) is 15.9 Å². The lowest BCUT2D eigenvalue weighted by molar-refractivity contribution is 0.0951. The van der Waals surface area contributed by atoms with Crippen LogP contribution in [0, 0.1) is 0 Å². The highest BCUT2D eigenvalue weighted by Crippen LogP contribution is 2.25. The van der Waals surface area contributed by atoms with Crippen LogP contribution in [0.1, 0.15) is 29.8 Å². The second kappa shape index (κ2) is 9.32. The van der Waals surface area contributed by atoms with Gasteiger partial charge < -0.3 is 10.1 Å². The van der Waals surface area contributed by atoms with Crippen LogP contribution in [0.3, 0.4) is 0 Å². The van der Waals surface area contributed by atoms with Crippen LogP contribution in [-0.2, 0) is 16.6 Å². The largest absolute Gasteiger partial charge is 0.491 e. The first-order valence-corrected chi connectivity index (χ1v) is 11.8. The van der Waals surface area contributed by atoms with E-state index in [1.165, 1.54) is 22.7 Å². The van der Waals surface area contributed by atoms with Gasteiger partial charge in [0.1, 0.15) is 9.96 Å². The van der Waals surface area contributed by atoms with Crippen molar-refractivity contribution in [3.8, 4) is 5.75 Å². The molecule has 0 fully saturated rings. The molecule has 0 atom stereocenters. The minimum atomic E-state index is -3.60. The van der Waals surface area contributed by atoms with Gasteiger partial charge in [-0.1, -0.05) is 18.2 Å². The zero-order chi connectivity index (χ0) is 21.7. The monoisotopic (exact) mass is 444 g/mol. The lowest BCUT2D eigenvalue weighted by Gasteiger charge is -2.18. The van der Waals surface area contributed by atoms with E-state index in [1.807, 2.05) is 38.1 Å². The van der Waals surface area contributed by atoms with E-state index in [2.05, 4.69) is 5.32 Å². The molecule has 0 radical (unpaired) electrons. The molecule has 1 amide bonds. The summed E-state index contributed by atoms with van der Waals surface area (Å²) in [6.07, 6.45) is 0.0788. The van der Waals surface area contributed by atoms with Gasteiger partial charge in [-0.2, -0.15) is 0 Å². The van der Waals surface area contributed by atoms with E-state index in [0.29, 0.717) is 17.8 Å². The van der Waals surface area contributed by atoms with E-state index < -0.39 is 10.0 Å². The van der Waals surface area contributed by atoms with Gasteiger partial charge in [0.15, 0.2) is 0 Å². The van der Waals surface area contributed by atoms with Gasteiger partial charge >= 0.3 is 0 Å². The maximum Gasteiger partial charge on any atom is 0.273 e. The molecule has 1 N–H and O–H groups in total. The Balaban J connectivity index is 1.64. The second-order valence-electron chi connectivity index (χ2n) is 6.95. The predicted octanol–water partition coefficient (Wildman–Crippen LogP) is 4.29. The Hall–Kier alpha value is -2.84. The summed E-state index contributed by atoms with van der Waals surface area (Å²) >= 11 is 1.17. The lowest BCUT2D eigenvalue weighted by atomic mass is 10.1. The van der Waals surface area contributed by atoms with Crippen LogP contribution in [0.15, 0.2) is 70.3 Å². The molecule has 1 heterocycles. The normalized spacial score (nSPS) is 11.3. The molecular weight excluding hydrogens is 420 g/mol. The SMILES string of the molecule is CC(C)Oc1cccc(CNC(=O)c2ccc(N(C)S(=O)(=O)c3cccs3)cc2)c1. The highest BCUT2D eigenvalue weighted by Gasteiger charge is 2.22. The number of nitrogens with one attached hydrogen (secondary N) is 1. The fraction of sp³-hybridized carbons (Fsp3) is 0.227. The van der Waals surface area contributed by atoms with Crippen LogP contribution in [0.2, 0.25) is 0 Å². The number of anilines is 1. The molecule has 0 aliphatic heterocycles. The molecule has 0 aliphatic carbocycles. The first-order chi connectivity index (χ1) is 14.3. The maximum absolute atomic E-state index is 12.6. The summed E-state index contributed by atoms with van der Waals surface area (Å²) in [6.45, 7) is 4.28. The number of amides is 1. The third-order valence-corrected chi connectivity index (χ3v) is 7.48. The quantitative estimate of drug-likeness (QED) is 0.562. The van der Waals surface area contributed by atoms with Gasteiger partial charge in [-0.25, -0.2) is 8.42 Å². The Bertz CT molecular complexity index is 1090. The van der Waals surface area contributed by atoms with E-state index in [0.717, 1.165) is 11.3 Å². The minimum absolute atomic E-state index is 0.0788. The number of hydrogen-bond acceptors (Lipinski definition) is 5. The number of nitrogens with zero attached hydrogens (tertiary/aromatic N) is 1. The third-order valence-electron chi connectivity index (χ3n) is 4.33. The molecule has 0 aliphatic rings. The summed E-state index contributed by atoms with van der Waals surface area (Å²) in [5, 5.41) is 4.59. The van der Waals surface area contributed by atoms with Crippen molar-refractivity contribution in [3.05, 3.63) is 77.2 Å². The second-order valence-corrected chi connectivity index (χ2v) is 10.1. The van der Waals surface area contributed by atoms with Crippen molar-refractivity contribution in [1.29, 1.82) is 0 Å². The zero-order valence-corrected chi connectivity index (χ0v) is 18.7. The van der Waals surface area contributed by atoms with E-state index in [9.17, 15) is 13.2 Å². The lowest BCUT2D eigenvalue weighted by Crippen LogP contribution is -2.26. The summed E-state index contributed by atoms with van der Waals surface area (Å²) in [5.41, 5.74) is 1.87. The molecule has 3 rings (SSSR count). The number of hydrogen-bond donors (Lipinski definition) is 1. The standard InChI is InChI=1S/C22H24N2O4S2/c1-16(2)28-20-7-4-6-17(14-20)15-23-22(25)18-9-11-19(12-10-18)24(3)30(26,27)21-8-5-13-29-21/h4-14,16H,15H2,1-3H3,(H,23,25). The summed E-state index contributed by atoms with van der Waals surface area (Å²) in [5.74, 6) is 0.525. The Morgan fingerprint density at radius 3 is 2.47 bits per heavy atom. The van der Waals surface area contributed by atoms with Crippen LogP contribution < -0.4 is 14.4 Å². The molecule has 8 heteroatoms. The molecular formula is C22H24N2O4S2. The average molecular weight is 445 g/mol.